The lowest BCUT2D eigenvalue weighted by atomic mass is 9.77. The summed E-state index contributed by atoms with van der Waals surface area (Å²) >= 11 is 3.40. The fourth-order valence-electron chi connectivity index (χ4n) is 4.77. The van der Waals surface area contributed by atoms with Crippen LogP contribution in [0.15, 0.2) is 36.4 Å². The summed E-state index contributed by atoms with van der Waals surface area (Å²) in [5.41, 5.74) is 2.83. The lowest BCUT2D eigenvalue weighted by Crippen LogP contribution is -2.13. The standard InChI is InChI=1S/C26H31NS2/c1-2-3-4-5-6-7-19-8-10-20(11-9-19)21-12-14-22(15-13-21)24-17-26-25(29-24)16-23(18-27)28-26/h12-17,19-20H,2-11H2,1H3. The molecule has 0 unspecified atom stereocenters. The molecule has 3 heteroatoms. The van der Waals surface area contributed by atoms with Crippen LogP contribution in [0.25, 0.3) is 19.8 Å². The molecule has 1 aromatic carbocycles. The molecule has 1 saturated carbocycles. The molecule has 152 valence electrons. The summed E-state index contributed by atoms with van der Waals surface area (Å²) in [7, 11) is 0. The van der Waals surface area contributed by atoms with Crippen LogP contribution in [0.5, 0.6) is 0 Å². The molecule has 0 atom stereocenters. The summed E-state index contributed by atoms with van der Waals surface area (Å²) in [5.74, 6) is 1.73. The molecular formula is C26H31NS2. The summed E-state index contributed by atoms with van der Waals surface area (Å²) in [5, 5.41) is 9.05. The van der Waals surface area contributed by atoms with E-state index in [9.17, 15) is 0 Å². The number of hydrogen-bond acceptors (Lipinski definition) is 3. The Hall–Kier alpha value is -1.63. The Morgan fingerprint density at radius 3 is 2.31 bits per heavy atom. The normalized spacial score (nSPS) is 19.4. The average Bonchev–Trinajstić information content (AvgIpc) is 3.33. The minimum atomic E-state index is 0.755. The first kappa shape index (κ1) is 20.6. The fourth-order valence-corrected chi connectivity index (χ4v) is 6.97. The van der Waals surface area contributed by atoms with Crippen LogP contribution < -0.4 is 0 Å². The van der Waals surface area contributed by atoms with Gasteiger partial charge in [-0.1, -0.05) is 69.7 Å². The van der Waals surface area contributed by atoms with Gasteiger partial charge in [0.25, 0.3) is 0 Å². The highest BCUT2D eigenvalue weighted by atomic mass is 32.1. The Bertz CT molecular complexity index is 917. The van der Waals surface area contributed by atoms with Crippen molar-refractivity contribution in [3.8, 4) is 16.5 Å². The van der Waals surface area contributed by atoms with Crippen molar-refractivity contribution in [3.05, 3.63) is 46.8 Å². The van der Waals surface area contributed by atoms with Gasteiger partial charge in [0.2, 0.25) is 0 Å². The average molecular weight is 422 g/mol. The van der Waals surface area contributed by atoms with E-state index in [1.165, 1.54) is 89.6 Å². The zero-order chi connectivity index (χ0) is 20.1. The van der Waals surface area contributed by atoms with Gasteiger partial charge in [0.1, 0.15) is 10.9 Å². The molecule has 0 amide bonds. The Morgan fingerprint density at radius 1 is 0.897 bits per heavy atom. The molecular weight excluding hydrogens is 390 g/mol. The van der Waals surface area contributed by atoms with Gasteiger partial charge in [-0.25, -0.2) is 0 Å². The first-order valence-corrected chi connectivity index (χ1v) is 12.9. The first-order chi connectivity index (χ1) is 14.3. The third kappa shape index (κ3) is 5.11. The van der Waals surface area contributed by atoms with Crippen LogP contribution in [-0.4, -0.2) is 0 Å². The number of fused-ring (bicyclic) bond motifs is 1. The van der Waals surface area contributed by atoms with E-state index >= 15 is 0 Å². The van der Waals surface area contributed by atoms with Gasteiger partial charge in [-0.3, -0.25) is 0 Å². The minimum absolute atomic E-state index is 0.755. The number of rotatable bonds is 8. The number of thiophene rings is 2. The highest BCUT2D eigenvalue weighted by Gasteiger charge is 2.22. The summed E-state index contributed by atoms with van der Waals surface area (Å²) in [6, 6.07) is 15.8. The highest BCUT2D eigenvalue weighted by molar-refractivity contribution is 7.29. The summed E-state index contributed by atoms with van der Waals surface area (Å²) < 4.78 is 2.47. The number of nitrogens with zero attached hydrogens (tertiary/aromatic N) is 1. The highest BCUT2D eigenvalue weighted by Crippen LogP contribution is 2.40. The smallest absolute Gasteiger partial charge is 0.110 e. The third-order valence-corrected chi connectivity index (χ3v) is 8.79. The molecule has 0 aliphatic heterocycles. The van der Waals surface area contributed by atoms with Crippen molar-refractivity contribution in [2.24, 2.45) is 5.92 Å². The largest absolute Gasteiger partial charge is 0.192 e. The minimum Gasteiger partial charge on any atom is -0.192 e. The van der Waals surface area contributed by atoms with E-state index in [0.29, 0.717) is 0 Å². The topological polar surface area (TPSA) is 23.8 Å². The van der Waals surface area contributed by atoms with Gasteiger partial charge >= 0.3 is 0 Å². The maximum absolute atomic E-state index is 9.05. The van der Waals surface area contributed by atoms with Crippen molar-refractivity contribution in [1.82, 2.24) is 0 Å². The van der Waals surface area contributed by atoms with E-state index in [4.69, 9.17) is 5.26 Å². The number of unbranched alkanes of at least 4 members (excludes halogenated alkanes) is 4. The Labute approximate surface area is 183 Å². The van der Waals surface area contributed by atoms with Crippen molar-refractivity contribution in [3.63, 3.8) is 0 Å². The molecule has 2 heterocycles. The Balaban J connectivity index is 1.30. The maximum Gasteiger partial charge on any atom is 0.110 e. The van der Waals surface area contributed by atoms with Gasteiger partial charge in [-0.05, 0) is 60.8 Å². The van der Waals surface area contributed by atoms with E-state index in [-0.39, 0.29) is 0 Å². The van der Waals surface area contributed by atoms with Gasteiger partial charge in [-0.15, -0.1) is 22.7 Å². The molecule has 0 radical (unpaired) electrons. The molecule has 1 fully saturated rings. The van der Waals surface area contributed by atoms with Gasteiger partial charge < -0.3 is 0 Å². The third-order valence-electron chi connectivity index (χ3n) is 6.55. The Kier molecular flexibility index (Phi) is 7.06. The van der Waals surface area contributed by atoms with E-state index < -0.39 is 0 Å². The second kappa shape index (κ2) is 9.92. The Morgan fingerprint density at radius 2 is 1.62 bits per heavy atom. The van der Waals surface area contributed by atoms with Crippen molar-refractivity contribution in [2.75, 3.05) is 0 Å². The lowest BCUT2D eigenvalue weighted by Gasteiger charge is -2.29. The predicted molar refractivity (Wildman–Crippen MR) is 128 cm³/mol. The molecule has 2 aromatic heterocycles. The number of nitriles is 1. The van der Waals surface area contributed by atoms with Crippen molar-refractivity contribution < 1.29 is 0 Å². The summed E-state index contributed by atoms with van der Waals surface area (Å²) in [6.45, 7) is 2.29. The molecule has 1 nitrogen and oxygen atoms in total. The van der Waals surface area contributed by atoms with Crippen LogP contribution in [0.1, 0.15) is 87.5 Å². The van der Waals surface area contributed by atoms with E-state index in [1.54, 1.807) is 22.7 Å². The van der Waals surface area contributed by atoms with Gasteiger partial charge in [0.05, 0.1) is 0 Å². The molecule has 0 saturated heterocycles. The first-order valence-electron chi connectivity index (χ1n) is 11.3. The molecule has 29 heavy (non-hydrogen) atoms. The molecule has 4 rings (SSSR count). The molecule has 1 aliphatic carbocycles. The van der Waals surface area contributed by atoms with Crippen LogP contribution in [0.2, 0.25) is 0 Å². The maximum atomic E-state index is 9.05. The van der Waals surface area contributed by atoms with E-state index in [2.05, 4.69) is 43.3 Å². The molecule has 0 N–H and O–H groups in total. The van der Waals surface area contributed by atoms with Crippen LogP contribution in [0.3, 0.4) is 0 Å². The molecule has 0 spiro atoms. The SMILES string of the molecule is CCCCCCCC1CCC(c2ccc(-c3cc4sc(C#N)cc4s3)cc2)CC1. The predicted octanol–water partition coefficient (Wildman–Crippen LogP) is 9.14. The lowest BCUT2D eigenvalue weighted by molar-refractivity contribution is 0.302. The zero-order valence-corrected chi connectivity index (χ0v) is 19.1. The number of benzene rings is 1. The second-order valence-electron chi connectivity index (χ2n) is 8.60. The van der Waals surface area contributed by atoms with Gasteiger partial charge in [0.15, 0.2) is 0 Å². The van der Waals surface area contributed by atoms with Crippen LogP contribution in [-0.2, 0) is 0 Å². The van der Waals surface area contributed by atoms with Gasteiger partial charge in [0, 0.05) is 14.3 Å². The monoisotopic (exact) mass is 421 g/mol. The quantitative estimate of drug-likeness (QED) is 0.333. The van der Waals surface area contributed by atoms with E-state index in [1.807, 2.05) is 6.07 Å². The van der Waals surface area contributed by atoms with E-state index in [0.717, 1.165) is 16.7 Å². The van der Waals surface area contributed by atoms with Crippen molar-refractivity contribution in [2.45, 2.75) is 77.0 Å². The van der Waals surface area contributed by atoms with Crippen LogP contribution in [0.4, 0.5) is 0 Å². The molecule has 0 bridgehead atoms. The summed E-state index contributed by atoms with van der Waals surface area (Å²) in [6.07, 6.45) is 14.1. The van der Waals surface area contributed by atoms with Crippen LogP contribution >= 0.6 is 22.7 Å². The molecule has 3 aromatic rings. The van der Waals surface area contributed by atoms with Crippen molar-refractivity contribution in [1.29, 1.82) is 5.26 Å². The van der Waals surface area contributed by atoms with Gasteiger partial charge in [-0.2, -0.15) is 5.26 Å². The fraction of sp³-hybridized carbons (Fsp3) is 0.500. The van der Waals surface area contributed by atoms with Crippen LogP contribution in [0, 0.1) is 17.2 Å². The molecule has 1 aliphatic rings. The summed E-state index contributed by atoms with van der Waals surface area (Å²) in [4.78, 5) is 2.12. The van der Waals surface area contributed by atoms with Crippen molar-refractivity contribution >= 4 is 32.1 Å². The second-order valence-corrected chi connectivity index (χ2v) is 10.8. The number of hydrogen-bond donors (Lipinski definition) is 0. The zero-order valence-electron chi connectivity index (χ0n) is 17.5.